The Morgan fingerprint density at radius 2 is 2.31 bits per heavy atom. The van der Waals surface area contributed by atoms with Gasteiger partial charge in [0.25, 0.3) is 0 Å². The van der Waals surface area contributed by atoms with Crippen LogP contribution in [0, 0.1) is 0 Å². The van der Waals surface area contributed by atoms with Gasteiger partial charge in [-0.15, -0.1) is 0 Å². The summed E-state index contributed by atoms with van der Waals surface area (Å²) in [6.45, 7) is 3.58. The predicted molar refractivity (Wildman–Crippen MR) is 69.7 cm³/mol. The molecule has 4 heteroatoms. The van der Waals surface area contributed by atoms with E-state index in [-0.39, 0.29) is 0 Å². The SMILES string of the molecule is CCCCNC(N)=NCc1cccc(Cl)c1. The summed E-state index contributed by atoms with van der Waals surface area (Å²) in [6, 6.07) is 7.63. The Morgan fingerprint density at radius 3 is 3.00 bits per heavy atom. The molecule has 0 aromatic heterocycles. The number of hydrogen-bond donors (Lipinski definition) is 2. The zero-order chi connectivity index (χ0) is 11.8. The second kappa shape index (κ2) is 7.12. The van der Waals surface area contributed by atoms with Gasteiger partial charge in [0.2, 0.25) is 0 Å². The van der Waals surface area contributed by atoms with Crippen LogP contribution in [0.1, 0.15) is 25.3 Å². The molecule has 0 atom stereocenters. The predicted octanol–water partition coefficient (Wildman–Crippen LogP) is 2.54. The van der Waals surface area contributed by atoms with Crippen LogP contribution >= 0.6 is 11.6 Å². The molecule has 0 heterocycles. The Bertz CT molecular complexity index is 350. The van der Waals surface area contributed by atoms with Crippen LogP contribution in [0.5, 0.6) is 0 Å². The standard InChI is InChI=1S/C12H18ClN3/c1-2-3-7-15-12(14)16-9-10-5-4-6-11(13)8-10/h4-6,8H,2-3,7,9H2,1H3,(H3,14,15,16). The Hall–Kier alpha value is -1.22. The van der Waals surface area contributed by atoms with Crippen LogP contribution in [0.15, 0.2) is 29.3 Å². The minimum atomic E-state index is 0.494. The van der Waals surface area contributed by atoms with E-state index >= 15 is 0 Å². The molecule has 0 bridgehead atoms. The van der Waals surface area contributed by atoms with Gasteiger partial charge in [0, 0.05) is 11.6 Å². The van der Waals surface area contributed by atoms with Crippen molar-refractivity contribution in [2.45, 2.75) is 26.3 Å². The summed E-state index contributed by atoms with van der Waals surface area (Å²) in [5, 5.41) is 3.79. The van der Waals surface area contributed by atoms with Crippen LogP contribution in [0.2, 0.25) is 5.02 Å². The fourth-order valence-electron chi connectivity index (χ4n) is 1.26. The number of nitrogens with one attached hydrogen (secondary N) is 1. The van der Waals surface area contributed by atoms with Gasteiger partial charge in [0.05, 0.1) is 6.54 Å². The fraction of sp³-hybridized carbons (Fsp3) is 0.417. The first-order valence-corrected chi connectivity index (χ1v) is 5.88. The van der Waals surface area contributed by atoms with Gasteiger partial charge >= 0.3 is 0 Å². The van der Waals surface area contributed by atoms with Crippen LogP contribution in [0.3, 0.4) is 0 Å². The molecular weight excluding hydrogens is 222 g/mol. The van der Waals surface area contributed by atoms with Gasteiger partial charge in [0.15, 0.2) is 5.96 Å². The third-order valence-corrected chi connectivity index (χ3v) is 2.39. The lowest BCUT2D eigenvalue weighted by Crippen LogP contribution is -2.32. The lowest BCUT2D eigenvalue weighted by Gasteiger charge is -2.04. The van der Waals surface area contributed by atoms with E-state index in [9.17, 15) is 0 Å². The van der Waals surface area contributed by atoms with E-state index in [1.807, 2.05) is 24.3 Å². The molecule has 0 saturated carbocycles. The highest BCUT2D eigenvalue weighted by atomic mass is 35.5. The minimum Gasteiger partial charge on any atom is -0.370 e. The molecule has 0 spiro atoms. The van der Waals surface area contributed by atoms with Gasteiger partial charge in [-0.1, -0.05) is 37.1 Å². The summed E-state index contributed by atoms with van der Waals surface area (Å²) in [4.78, 5) is 4.23. The average Bonchev–Trinajstić information content (AvgIpc) is 2.27. The van der Waals surface area contributed by atoms with Crippen LogP contribution in [0.25, 0.3) is 0 Å². The van der Waals surface area contributed by atoms with Crippen molar-refractivity contribution in [3.63, 3.8) is 0 Å². The summed E-state index contributed by atoms with van der Waals surface area (Å²) in [7, 11) is 0. The smallest absolute Gasteiger partial charge is 0.188 e. The molecule has 0 aliphatic heterocycles. The zero-order valence-corrected chi connectivity index (χ0v) is 10.3. The zero-order valence-electron chi connectivity index (χ0n) is 9.54. The fourth-order valence-corrected chi connectivity index (χ4v) is 1.47. The number of aliphatic imine (C=N–C) groups is 1. The number of guanidine groups is 1. The van der Waals surface area contributed by atoms with E-state index < -0.39 is 0 Å². The molecular formula is C12H18ClN3. The second-order valence-electron chi connectivity index (χ2n) is 3.61. The minimum absolute atomic E-state index is 0.494. The number of nitrogens with zero attached hydrogens (tertiary/aromatic N) is 1. The van der Waals surface area contributed by atoms with Crippen molar-refractivity contribution < 1.29 is 0 Å². The first kappa shape index (κ1) is 12.8. The summed E-state index contributed by atoms with van der Waals surface area (Å²) in [5.41, 5.74) is 6.77. The maximum atomic E-state index is 5.87. The lowest BCUT2D eigenvalue weighted by molar-refractivity contribution is 0.748. The quantitative estimate of drug-likeness (QED) is 0.471. The third kappa shape index (κ3) is 5.03. The van der Waals surface area contributed by atoms with Gasteiger partial charge in [-0.3, -0.25) is 0 Å². The Morgan fingerprint density at radius 1 is 1.50 bits per heavy atom. The Balaban J connectivity index is 2.40. The van der Waals surface area contributed by atoms with Crippen molar-refractivity contribution in [2.24, 2.45) is 10.7 Å². The first-order valence-electron chi connectivity index (χ1n) is 5.50. The number of rotatable bonds is 5. The van der Waals surface area contributed by atoms with Crippen LogP contribution in [-0.4, -0.2) is 12.5 Å². The summed E-state index contributed by atoms with van der Waals surface area (Å²) >= 11 is 5.87. The number of unbranched alkanes of at least 4 members (excludes halogenated alkanes) is 1. The second-order valence-corrected chi connectivity index (χ2v) is 4.05. The highest BCUT2D eigenvalue weighted by molar-refractivity contribution is 6.30. The molecule has 0 aliphatic rings. The molecule has 0 radical (unpaired) electrons. The molecule has 1 aromatic rings. The van der Waals surface area contributed by atoms with Crippen LogP contribution < -0.4 is 11.1 Å². The number of halogens is 1. The molecule has 0 fully saturated rings. The molecule has 1 aromatic carbocycles. The number of nitrogens with two attached hydrogens (primary N) is 1. The molecule has 88 valence electrons. The van der Waals surface area contributed by atoms with E-state index in [0.29, 0.717) is 12.5 Å². The summed E-state index contributed by atoms with van der Waals surface area (Å²) < 4.78 is 0. The number of benzene rings is 1. The first-order chi connectivity index (χ1) is 7.72. The topological polar surface area (TPSA) is 50.4 Å². The monoisotopic (exact) mass is 239 g/mol. The Labute approximate surface area is 102 Å². The average molecular weight is 240 g/mol. The van der Waals surface area contributed by atoms with Gasteiger partial charge < -0.3 is 11.1 Å². The molecule has 0 amide bonds. The van der Waals surface area contributed by atoms with Crippen LogP contribution in [-0.2, 0) is 6.54 Å². The summed E-state index contributed by atoms with van der Waals surface area (Å²) in [6.07, 6.45) is 2.25. The molecule has 3 nitrogen and oxygen atoms in total. The maximum Gasteiger partial charge on any atom is 0.188 e. The van der Waals surface area contributed by atoms with Crippen molar-refractivity contribution in [1.82, 2.24) is 5.32 Å². The van der Waals surface area contributed by atoms with Gasteiger partial charge in [-0.05, 0) is 24.1 Å². The van der Waals surface area contributed by atoms with E-state index in [1.54, 1.807) is 0 Å². The van der Waals surface area contributed by atoms with E-state index in [2.05, 4.69) is 17.2 Å². The number of hydrogen-bond acceptors (Lipinski definition) is 1. The molecule has 16 heavy (non-hydrogen) atoms. The highest BCUT2D eigenvalue weighted by Gasteiger charge is 1.94. The molecule has 1 rings (SSSR count). The summed E-state index contributed by atoms with van der Waals surface area (Å²) in [5.74, 6) is 0.494. The highest BCUT2D eigenvalue weighted by Crippen LogP contribution is 2.11. The van der Waals surface area contributed by atoms with Crippen LogP contribution in [0.4, 0.5) is 0 Å². The van der Waals surface area contributed by atoms with Crippen molar-refractivity contribution in [3.05, 3.63) is 34.9 Å². The van der Waals surface area contributed by atoms with Gasteiger partial charge in [-0.25, -0.2) is 4.99 Å². The maximum absolute atomic E-state index is 5.87. The normalized spacial score (nSPS) is 11.5. The van der Waals surface area contributed by atoms with E-state index in [0.717, 1.165) is 30.0 Å². The third-order valence-electron chi connectivity index (χ3n) is 2.16. The molecule has 3 N–H and O–H groups in total. The molecule has 0 saturated heterocycles. The molecule has 0 aliphatic carbocycles. The van der Waals surface area contributed by atoms with Gasteiger partial charge in [-0.2, -0.15) is 0 Å². The van der Waals surface area contributed by atoms with Crippen molar-refractivity contribution in [1.29, 1.82) is 0 Å². The molecule has 0 unspecified atom stereocenters. The van der Waals surface area contributed by atoms with E-state index in [4.69, 9.17) is 17.3 Å². The van der Waals surface area contributed by atoms with Gasteiger partial charge in [0.1, 0.15) is 0 Å². The van der Waals surface area contributed by atoms with E-state index in [1.165, 1.54) is 0 Å². The largest absolute Gasteiger partial charge is 0.370 e. The lowest BCUT2D eigenvalue weighted by atomic mass is 10.2. The van der Waals surface area contributed by atoms with Crippen molar-refractivity contribution in [2.75, 3.05) is 6.54 Å². The van der Waals surface area contributed by atoms with Crippen molar-refractivity contribution in [3.8, 4) is 0 Å². The Kier molecular flexibility index (Phi) is 5.72. The van der Waals surface area contributed by atoms with Crippen molar-refractivity contribution >= 4 is 17.6 Å².